The Kier molecular flexibility index (Phi) is 4.63. The Balaban J connectivity index is 2.03. The van der Waals surface area contributed by atoms with Crippen LogP contribution in [-0.2, 0) is 9.84 Å². The first kappa shape index (κ1) is 18.9. The van der Waals surface area contributed by atoms with E-state index in [1.165, 1.54) is 16.8 Å². The van der Waals surface area contributed by atoms with Crippen LogP contribution in [0.5, 0.6) is 0 Å². The molecule has 0 bridgehead atoms. The van der Waals surface area contributed by atoms with Gasteiger partial charge in [-0.25, -0.2) is 21.9 Å². The maximum Gasteiger partial charge on any atom is 0.282 e. The molecule has 4 rings (SSSR count). The summed E-state index contributed by atoms with van der Waals surface area (Å²) in [5, 5.41) is 6.27. The number of halogens is 2. The highest BCUT2D eigenvalue weighted by Crippen LogP contribution is 2.35. The van der Waals surface area contributed by atoms with Gasteiger partial charge in [-0.05, 0) is 48.0 Å². The van der Waals surface area contributed by atoms with Crippen LogP contribution in [0.15, 0.2) is 64.4 Å². The molecule has 4 aromatic rings. The number of aromatic nitrogens is 2. The molecular formula is C20H16F2N2O2S2. The smallest absolute Gasteiger partial charge is 0.232 e. The number of hydrogen-bond donors (Lipinski definition) is 0. The largest absolute Gasteiger partial charge is 0.282 e. The van der Waals surface area contributed by atoms with Crippen LogP contribution in [0, 0.1) is 0 Å². The fourth-order valence-electron chi connectivity index (χ4n) is 3.25. The van der Waals surface area contributed by atoms with E-state index in [9.17, 15) is 17.2 Å². The molecule has 1 heterocycles. The molecular weight excluding hydrogens is 402 g/mol. The van der Waals surface area contributed by atoms with Crippen LogP contribution >= 0.6 is 11.8 Å². The maximum absolute atomic E-state index is 13.6. The molecule has 0 radical (unpaired) electrons. The summed E-state index contributed by atoms with van der Waals surface area (Å²) in [6.07, 6.45) is 0.376. The molecule has 0 saturated heterocycles. The Labute approximate surface area is 165 Å². The zero-order chi connectivity index (χ0) is 20.1. The minimum absolute atomic E-state index is 0.163. The number of sulfone groups is 1. The standard InChI is InChI=1S/C20H16F2N2O2S2/c1-27-14-6-10-16-12(11-14)3-9-17-18(20(21)22)23-24(19(16)17)13-4-7-15(8-5-13)28(2,25)26/h3-11,20H,1-2H3. The Hall–Kier alpha value is -2.45. The van der Waals surface area contributed by atoms with E-state index in [4.69, 9.17) is 0 Å². The number of thioether (sulfide) groups is 1. The Bertz CT molecular complexity index is 1300. The molecule has 0 atom stereocenters. The van der Waals surface area contributed by atoms with E-state index in [-0.39, 0.29) is 10.6 Å². The first-order valence-electron chi connectivity index (χ1n) is 8.37. The molecule has 3 aromatic carbocycles. The third kappa shape index (κ3) is 3.16. The van der Waals surface area contributed by atoms with Crippen molar-refractivity contribution < 1.29 is 17.2 Å². The van der Waals surface area contributed by atoms with Gasteiger partial charge in [0.1, 0.15) is 5.69 Å². The topological polar surface area (TPSA) is 52.0 Å². The summed E-state index contributed by atoms with van der Waals surface area (Å²) in [7, 11) is -3.35. The molecule has 0 fully saturated rings. The zero-order valence-corrected chi connectivity index (χ0v) is 16.7. The number of hydrogen-bond acceptors (Lipinski definition) is 4. The second kappa shape index (κ2) is 6.86. The van der Waals surface area contributed by atoms with Crippen molar-refractivity contribution in [3.05, 3.63) is 60.3 Å². The summed E-state index contributed by atoms with van der Waals surface area (Å²) >= 11 is 1.60. The van der Waals surface area contributed by atoms with Gasteiger partial charge in [-0.15, -0.1) is 11.8 Å². The van der Waals surface area contributed by atoms with Gasteiger partial charge < -0.3 is 0 Å². The predicted molar refractivity (Wildman–Crippen MR) is 108 cm³/mol. The van der Waals surface area contributed by atoms with Gasteiger partial charge in [-0.3, -0.25) is 0 Å². The van der Waals surface area contributed by atoms with Gasteiger partial charge in [-0.2, -0.15) is 5.10 Å². The van der Waals surface area contributed by atoms with Gasteiger partial charge in [-0.1, -0.05) is 18.2 Å². The van der Waals surface area contributed by atoms with Gasteiger partial charge in [0.05, 0.1) is 16.1 Å². The fourth-order valence-corrected chi connectivity index (χ4v) is 4.33. The quantitative estimate of drug-likeness (QED) is 0.425. The van der Waals surface area contributed by atoms with Gasteiger partial charge in [0.2, 0.25) is 0 Å². The summed E-state index contributed by atoms with van der Waals surface area (Å²) in [4.78, 5) is 1.24. The molecule has 0 spiro atoms. The Morgan fingerprint density at radius 2 is 1.68 bits per heavy atom. The van der Waals surface area contributed by atoms with Crippen molar-refractivity contribution in [3.63, 3.8) is 0 Å². The number of alkyl halides is 2. The number of fused-ring (bicyclic) bond motifs is 3. The van der Waals surface area contributed by atoms with Crippen LogP contribution in [0.25, 0.3) is 27.4 Å². The van der Waals surface area contributed by atoms with Crippen LogP contribution in [-0.4, -0.2) is 30.7 Å². The molecule has 0 saturated carbocycles. The lowest BCUT2D eigenvalue weighted by molar-refractivity contribution is 0.147. The highest BCUT2D eigenvalue weighted by Gasteiger charge is 2.21. The second-order valence-electron chi connectivity index (χ2n) is 6.41. The third-order valence-corrected chi connectivity index (χ3v) is 6.46. The van der Waals surface area contributed by atoms with Crippen molar-refractivity contribution in [3.8, 4) is 5.69 Å². The highest BCUT2D eigenvalue weighted by molar-refractivity contribution is 7.98. The zero-order valence-electron chi connectivity index (χ0n) is 15.1. The van der Waals surface area contributed by atoms with Crippen LogP contribution in [0.2, 0.25) is 0 Å². The molecule has 144 valence electrons. The van der Waals surface area contributed by atoms with Crippen LogP contribution in [0.4, 0.5) is 8.78 Å². The molecule has 4 nitrogen and oxygen atoms in total. The maximum atomic E-state index is 13.6. The molecule has 0 unspecified atom stereocenters. The van der Waals surface area contributed by atoms with Crippen molar-refractivity contribution in [1.29, 1.82) is 0 Å². The molecule has 0 amide bonds. The average Bonchev–Trinajstić information content (AvgIpc) is 3.07. The lowest BCUT2D eigenvalue weighted by atomic mass is 10.1. The predicted octanol–water partition coefficient (Wildman–Crippen LogP) is 5.24. The Morgan fingerprint density at radius 1 is 1.00 bits per heavy atom. The fraction of sp³-hybridized carbons (Fsp3) is 0.150. The number of benzene rings is 3. The van der Waals surface area contributed by atoms with Gasteiger partial charge in [0.25, 0.3) is 6.43 Å². The Morgan fingerprint density at radius 3 is 2.29 bits per heavy atom. The van der Waals surface area contributed by atoms with E-state index in [2.05, 4.69) is 5.10 Å². The van der Waals surface area contributed by atoms with Crippen LogP contribution in [0.1, 0.15) is 12.1 Å². The van der Waals surface area contributed by atoms with Gasteiger partial charge in [0, 0.05) is 21.9 Å². The summed E-state index contributed by atoms with van der Waals surface area (Å²) in [6, 6.07) is 15.4. The minimum atomic E-state index is -3.35. The third-order valence-electron chi connectivity index (χ3n) is 4.61. The van der Waals surface area contributed by atoms with Crippen molar-refractivity contribution >= 4 is 43.3 Å². The monoisotopic (exact) mass is 418 g/mol. The van der Waals surface area contributed by atoms with Crippen molar-refractivity contribution in [2.24, 2.45) is 0 Å². The lowest BCUT2D eigenvalue weighted by Gasteiger charge is -2.08. The van der Waals surface area contributed by atoms with Crippen molar-refractivity contribution in [2.45, 2.75) is 16.2 Å². The molecule has 8 heteroatoms. The van der Waals surface area contributed by atoms with E-state index >= 15 is 0 Å². The van der Waals surface area contributed by atoms with Gasteiger partial charge in [0.15, 0.2) is 9.84 Å². The lowest BCUT2D eigenvalue weighted by Crippen LogP contribution is -2.00. The summed E-state index contributed by atoms with van der Waals surface area (Å²) in [5.74, 6) is 0. The molecule has 0 aliphatic carbocycles. The molecule has 1 aromatic heterocycles. The molecule has 0 N–H and O–H groups in total. The van der Waals surface area contributed by atoms with E-state index in [0.717, 1.165) is 21.9 Å². The first-order valence-corrected chi connectivity index (χ1v) is 11.5. The second-order valence-corrected chi connectivity index (χ2v) is 9.31. The summed E-state index contributed by atoms with van der Waals surface area (Å²) in [5.41, 5.74) is 0.802. The number of rotatable bonds is 4. The number of nitrogens with zero attached hydrogens (tertiary/aromatic N) is 2. The molecule has 0 aliphatic rings. The van der Waals surface area contributed by atoms with E-state index < -0.39 is 16.3 Å². The van der Waals surface area contributed by atoms with Crippen molar-refractivity contribution in [2.75, 3.05) is 12.5 Å². The van der Waals surface area contributed by atoms with Crippen LogP contribution in [0.3, 0.4) is 0 Å². The minimum Gasteiger partial charge on any atom is -0.232 e. The SMILES string of the molecule is CSc1ccc2c(ccc3c(C(F)F)nn(-c4ccc(S(C)(=O)=O)cc4)c32)c1. The first-order chi connectivity index (χ1) is 13.3. The molecule has 0 aliphatic heterocycles. The summed E-state index contributed by atoms with van der Waals surface area (Å²) in [6.45, 7) is 0. The van der Waals surface area contributed by atoms with E-state index in [1.54, 1.807) is 30.0 Å². The van der Waals surface area contributed by atoms with E-state index in [0.29, 0.717) is 16.6 Å². The normalized spacial score (nSPS) is 12.3. The van der Waals surface area contributed by atoms with E-state index in [1.807, 2.05) is 30.5 Å². The van der Waals surface area contributed by atoms with Crippen LogP contribution < -0.4 is 0 Å². The summed E-state index contributed by atoms with van der Waals surface area (Å²) < 4.78 is 52.1. The van der Waals surface area contributed by atoms with Crippen molar-refractivity contribution in [1.82, 2.24) is 9.78 Å². The highest BCUT2D eigenvalue weighted by atomic mass is 32.2. The average molecular weight is 418 g/mol. The molecule has 28 heavy (non-hydrogen) atoms. The van der Waals surface area contributed by atoms with Gasteiger partial charge >= 0.3 is 0 Å².